The van der Waals surface area contributed by atoms with Gasteiger partial charge in [-0.05, 0) is 0 Å². The molecule has 0 aliphatic carbocycles. The average Bonchev–Trinajstić information content (AvgIpc) is 2.74. The zero-order valence-corrected chi connectivity index (χ0v) is 18.8. The summed E-state index contributed by atoms with van der Waals surface area (Å²) in [7, 11) is 0. The maximum Gasteiger partial charge on any atom is 0.323 e. The van der Waals surface area contributed by atoms with Crippen molar-refractivity contribution in [3.63, 3.8) is 0 Å². The number of hydrogen-bond acceptors (Lipinski definition) is 11. The van der Waals surface area contributed by atoms with Crippen LogP contribution in [-0.2, 0) is 19.2 Å². The molecule has 0 bridgehead atoms. The highest BCUT2D eigenvalue weighted by Gasteiger charge is 2.32. The van der Waals surface area contributed by atoms with Crippen LogP contribution < -0.4 is 0 Å². The van der Waals surface area contributed by atoms with Gasteiger partial charge in [0.05, 0.1) is 26.4 Å². The van der Waals surface area contributed by atoms with E-state index in [4.69, 9.17) is 0 Å². The molecule has 0 aromatic carbocycles. The predicted molar refractivity (Wildman–Crippen MR) is 114 cm³/mol. The molecule has 3 unspecified atom stereocenters. The highest BCUT2D eigenvalue weighted by Crippen LogP contribution is 2.09. The van der Waals surface area contributed by atoms with Crippen LogP contribution in [0, 0.1) is 0 Å². The van der Waals surface area contributed by atoms with Crippen molar-refractivity contribution in [1.29, 1.82) is 0 Å². The van der Waals surface area contributed by atoms with Crippen LogP contribution in [0.4, 0.5) is 0 Å². The van der Waals surface area contributed by atoms with Crippen LogP contribution >= 0.6 is 0 Å². The molecule has 0 aromatic rings. The first-order valence-corrected chi connectivity index (χ1v) is 10.7. The number of aliphatic hydroxyl groups is 3. The lowest BCUT2D eigenvalue weighted by molar-refractivity contribution is -0.149. The highest BCUT2D eigenvalue weighted by atomic mass is 16.4. The molecule has 1 aliphatic rings. The van der Waals surface area contributed by atoms with Crippen LogP contribution in [-0.4, -0.2) is 176 Å². The molecule has 0 radical (unpaired) electrons. The van der Waals surface area contributed by atoms with E-state index in [1.807, 2.05) is 0 Å². The Morgan fingerprint density at radius 2 is 0.794 bits per heavy atom. The van der Waals surface area contributed by atoms with Gasteiger partial charge in [-0.25, -0.2) is 0 Å². The number of carboxylic acids is 4. The number of carboxylic acid groups (broad SMARTS) is 4. The van der Waals surface area contributed by atoms with Gasteiger partial charge in [-0.15, -0.1) is 0 Å². The molecular formula is C19H34N4O11. The number of carbonyl (C=O) groups is 4. The molecule has 1 fully saturated rings. The normalized spacial score (nSPS) is 21.0. The first kappa shape index (κ1) is 29.6. The van der Waals surface area contributed by atoms with Gasteiger partial charge in [0.25, 0.3) is 0 Å². The Kier molecular flexibility index (Phi) is 12.9. The van der Waals surface area contributed by atoms with Crippen molar-refractivity contribution in [1.82, 2.24) is 19.6 Å². The molecule has 0 saturated carbocycles. The van der Waals surface area contributed by atoms with Crippen LogP contribution in [0.5, 0.6) is 0 Å². The average molecular weight is 494 g/mol. The van der Waals surface area contributed by atoms with Crippen molar-refractivity contribution in [2.75, 3.05) is 78.7 Å². The molecule has 34 heavy (non-hydrogen) atoms. The minimum Gasteiger partial charge on any atom is -0.480 e. The van der Waals surface area contributed by atoms with Crippen LogP contribution in [0.1, 0.15) is 0 Å². The van der Waals surface area contributed by atoms with Crippen molar-refractivity contribution < 1.29 is 54.9 Å². The van der Waals surface area contributed by atoms with Gasteiger partial charge < -0.3 is 35.7 Å². The van der Waals surface area contributed by atoms with Gasteiger partial charge in [0.1, 0.15) is 18.1 Å². The Hall–Kier alpha value is -2.40. The second-order valence-corrected chi connectivity index (χ2v) is 7.89. The summed E-state index contributed by atoms with van der Waals surface area (Å²) < 4.78 is 0. The van der Waals surface area contributed by atoms with Gasteiger partial charge in [0.2, 0.25) is 0 Å². The van der Waals surface area contributed by atoms with E-state index < -0.39 is 68.4 Å². The molecule has 7 N–H and O–H groups in total. The SMILES string of the molecule is O=C(O)CN1CCN(C(CO)C(=O)O)CCN(C(CO)C(=O)O)CCN(C(CO)C(=O)O)CC1. The van der Waals surface area contributed by atoms with E-state index in [1.54, 1.807) is 0 Å². The summed E-state index contributed by atoms with van der Waals surface area (Å²) in [6, 6.07) is -3.96. The molecule has 0 amide bonds. The Balaban J connectivity index is 3.28. The lowest BCUT2D eigenvalue weighted by Gasteiger charge is -2.37. The number of hydrogen-bond donors (Lipinski definition) is 7. The quantitative estimate of drug-likeness (QED) is 0.144. The van der Waals surface area contributed by atoms with Gasteiger partial charge in [0.15, 0.2) is 0 Å². The Bertz CT molecular complexity index is 657. The van der Waals surface area contributed by atoms with E-state index >= 15 is 0 Å². The number of nitrogens with zero attached hydrogens (tertiary/aromatic N) is 4. The largest absolute Gasteiger partial charge is 0.480 e. The van der Waals surface area contributed by atoms with Gasteiger partial charge in [-0.2, -0.15) is 0 Å². The zero-order chi connectivity index (χ0) is 25.8. The summed E-state index contributed by atoms with van der Waals surface area (Å²) in [5.41, 5.74) is 0. The molecule has 1 heterocycles. The van der Waals surface area contributed by atoms with Crippen LogP contribution in [0.25, 0.3) is 0 Å². The van der Waals surface area contributed by atoms with E-state index in [-0.39, 0.29) is 52.4 Å². The van der Waals surface area contributed by atoms with E-state index in [1.165, 1.54) is 19.6 Å². The van der Waals surface area contributed by atoms with Crippen LogP contribution in [0.2, 0.25) is 0 Å². The van der Waals surface area contributed by atoms with E-state index in [2.05, 4.69) is 0 Å². The van der Waals surface area contributed by atoms with Crippen molar-refractivity contribution in [2.45, 2.75) is 18.1 Å². The molecule has 15 nitrogen and oxygen atoms in total. The van der Waals surface area contributed by atoms with E-state index in [0.29, 0.717) is 0 Å². The Morgan fingerprint density at radius 3 is 1.00 bits per heavy atom. The fourth-order valence-electron chi connectivity index (χ4n) is 3.83. The number of aliphatic hydroxyl groups excluding tert-OH is 3. The minimum atomic E-state index is -1.34. The van der Waals surface area contributed by atoms with E-state index in [9.17, 15) is 54.9 Å². The molecule has 196 valence electrons. The minimum absolute atomic E-state index is 0.0232. The maximum atomic E-state index is 11.7. The molecule has 1 aliphatic heterocycles. The molecule has 0 aromatic heterocycles. The van der Waals surface area contributed by atoms with Crippen molar-refractivity contribution >= 4 is 23.9 Å². The van der Waals surface area contributed by atoms with Gasteiger partial charge in [-0.3, -0.25) is 38.8 Å². The van der Waals surface area contributed by atoms with Crippen LogP contribution in [0.3, 0.4) is 0 Å². The summed E-state index contributed by atoms with van der Waals surface area (Å²) in [6.07, 6.45) is 0. The highest BCUT2D eigenvalue weighted by molar-refractivity contribution is 5.74. The molecule has 1 saturated heterocycles. The van der Waals surface area contributed by atoms with Gasteiger partial charge in [0, 0.05) is 52.4 Å². The van der Waals surface area contributed by atoms with Gasteiger partial charge >= 0.3 is 23.9 Å². The number of rotatable bonds is 11. The maximum absolute atomic E-state index is 11.7. The first-order chi connectivity index (χ1) is 16.0. The predicted octanol–water partition coefficient (Wildman–Crippen LogP) is -4.37. The third kappa shape index (κ3) is 9.09. The molecule has 3 atom stereocenters. The second kappa shape index (κ2) is 14.8. The summed E-state index contributed by atoms with van der Waals surface area (Å²) in [5.74, 6) is -5.07. The van der Waals surface area contributed by atoms with Crippen molar-refractivity contribution in [3.05, 3.63) is 0 Å². The molecule has 1 rings (SSSR count). The second-order valence-electron chi connectivity index (χ2n) is 7.89. The third-order valence-corrected chi connectivity index (χ3v) is 5.81. The smallest absolute Gasteiger partial charge is 0.323 e. The fourth-order valence-corrected chi connectivity index (χ4v) is 3.83. The molecular weight excluding hydrogens is 460 g/mol. The van der Waals surface area contributed by atoms with E-state index in [0.717, 1.165) is 0 Å². The first-order valence-electron chi connectivity index (χ1n) is 10.7. The summed E-state index contributed by atoms with van der Waals surface area (Å²) >= 11 is 0. The molecule has 15 heteroatoms. The third-order valence-electron chi connectivity index (χ3n) is 5.81. The van der Waals surface area contributed by atoms with Gasteiger partial charge in [-0.1, -0.05) is 0 Å². The van der Waals surface area contributed by atoms with Crippen molar-refractivity contribution in [2.24, 2.45) is 0 Å². The standard InChI is InChI=1S/C19H34N4O11/c24-10-13(17(29)30)21-3-1-20(9-16(27)28)2-4-22(14(11-25)18(31)32)6-8-23(7-5-21)15(12-26)19(33)34/h13-15,24-26H,1-12H2,(H,27,28)(H,29,30)(H,31,32)(H,33,34). The lowest BCUT2D eigenvalue weighted by Crippen LogP contribution is -2.56. The Morgan fingerprint density at radius 1 is 0.529 bits per heavy atom. The summed E-state index contributed by atoms with van der Waals surface area (Å²) in [4.78, 5) is 51.8. The van der Waals surface area contributed by atoms with Crippen LogP contribution in [0.15, 0.2) is 0 Å². The molecule has 0 spiro atoms. The monoisotopic (exact) mass is 494 g/mol. The summed E-state index contributed by atoms with van der Waals surface area (Å²) in [5, 5.41) is 66.4. The lowest BCUT2D eigenvalue weighted by atomic mass is 10.2. The van der Waals surface area contributed by atoms with Crippen molar-refractivity contribution in [3.8, 4) is 0 Å². The summed E-state index contributed by atoms with van der Waals surface area (Å²) in [6.45, 7) is -2.50. The fraction of sp³-hybridized carbons (Fsp3) is 0.789. The number of aliphatic carboxylic acids is 4. The topological polar surface area (TPSA) is 223 Å². The Labute approximate surface area is 196 Å². The zero-order valence-electron chi connectivity index (χ0n) is 18.8.